The summed E-state index contributed by atoms with van der Waals surface area (Å²) in [5, 5.41) is 13.4. The largest absolute Gasteiger partial charge is 4.00 e. The molecule has 2 aromatic heterocycles. The fourth-order valence-electron chi connectivity index (χ4n) is 3.38. The second kappa shape index (κ2) is 11.1. The van der Waals surface area contributed by atoms with Crippen molar-refractivity contribution in [1.82, 2.24) is 19.6 Å². The van der Waals surface area contributed by atoms with E-state index in [1.165, 1.54) is 21.5 Å². The van der Waals surface area contributed by atoms with Gasteiger partial charge in [0.1, 0.15) is 0 Å². The summed E-state index contributed by atoms with van der Waals surface area (Å²) in [6.45, 7) is 0. The fraction of sp³-hybridized carbons (Fsp3) is 0. The van der Waals surface area contributed by atoms with Crippen LogP contribution < -0.4 is 24.8 Å². The van der Waals surface area contributed by atoms with E-state index in [0.717, 1.165) is 11.4 Å². The summed E-state index contributed by atoms with van der Waals surface area (Å²) in [5.74, 6) is 0. The molecular formula is C24H18Cl2N4Ti. The number of hydrogen-bond donors (Lipinski definition) is 0. The van der Waals surface area contributed by atoms with Gasteiger partial charge in [-0.1, -0.05) is 12.1 Å². The Bertz CT molecular complexity index is 1150. The van der Waals surface area contributed by atoms with Gasteiger partial charge in [0, 0.05) is 24.8 Å². The van der Waals surface area contributed by atoms with Crippen molar-refractivity contribution < 1.29 is 46.5 Å². The average Bonchev–Trinajstić information content (AvgIpc) is 3.54. The van der Waals surface area contributed by atoms with E-state index in [0.29, 0.717) is 0 Å². The molecule has 0 radical (unpaired) electrons. The van der Waals surface area contributed by atoms with E-state index in [9.17, 15) is 0 Å². The first kappa shape index (κ1) is 24.6. The SMILES string of the molecule is [Cl-].[Cl-].[Ti+4].c1ccc2[cH-]c(-n3cccn3)cc2c1.c1ccc2[cH-]c(-n3cccn3)cc2c1. The van der Waals surface area contributed by atoms with Gasteiger partial charge < -0.3 is 24.8 Å². The molecule has 6 aromatic rings. The van der Waals surface area contributed by atoms with Gasteiger partial charge in [0.05, 0.1) is 0 Å². The Morgan fingerprint density at radius 2 is 1.00 bits per heavy atom. The molecule has 0 aliphatic carbocycles. The van der Waals surface area contributed by atoms with Crippen LogP contribution in [0.25, 0.3) is 32.9 Å². The molecule has 0 bridgehead atoms. The van der Waals surface area contributed by atoms with Crippen LogP contribution in [0.4, 0.5) is 0 Å². The minimum Gasteiger partial charge on any atom is -1.00 e. The van der Waals surface area contributed by atoms with Crippen LogP contribution in [0.15, 0.2) is 110 Å². The van der Waals surface area contributed by atoms with Gasteiger partial charge >= 0.3 is 21.7 Å². The van der Waals surface area contributed by atoms with Crippen LogP contribution in [0.1, 0.15) is 0 Å². The molecule has 0 unspecified atom stereocenters. The van der Waals surface area contributed by atoms with Crippen molar-refractivity contribution in [3.8, 4) is 11.4 Å². The molecule has 0 aliphatic rings. The number of rotatable bonds is 2. The van der Waals surface area contributed by atoms with Gasteiger partial charge in [-0.15, -0.1) is 82.2 Å². The number of nitrogens with zero attached hydrogens (tertiary/aromatic N) is 4. The van der Waals surface area contributed by atoms with Gasteiger partial charge in [-0.25, -0.2) is 0 Å². The zero-order valence-electron chi connectivity index (χ0n) is 16.4. The molecule has 0 fully saturated rings. The third-order valence-corrected chi connectivity index (χ3v) is 4.74. The Labute approximate surface area is 207 Å². The number of halogens is 2. The van der Waals surface area contributed by atoms with Crippen LogP contribution >= 0.6 is 0 Å². The topological polar surface area (TPSA) is 35.6 Å². The molecule has 0 atom stereocenters. The summed E-state index contributed by atoms with van der Waals surface area (Å²) < 4.78 is 3.75. The molecule has 4 aromatic carbocycles. The van der Waals surface area contributed by atoms with E-state index in [-0.39, 0.29) is 46.5 Å². The zero-order chi connectivity index (χ0) is 18.8. The normalized spacial score (nSPS) is 9.81. The summed E-state index contributed by atoms with van der Waals surface area (Å²) in [5.41, 5.74) is 2.24. The van der Waals surface area contributed by atoms with Crippen LogP contribution in [0.3, 0.4) is 0 Å². The molecule has 0 saturated carbocycles. The van der Waals surface area contributed by atoms with Crippen molar-refractivity contribution in [1.29, 1.82) is 0 Å². The summed E-state index contributed by atoms with van der Waals surface area (Å²) in [6.07, 6.45) is 7.48. The second-order valence-corrected chi connectivity index (χ2v) is 6.59. The van der Waals surface area contributed by atoms with Crippen molar-refractivity contribution >= 4 is 21.5 Å². The second-order valence-electron chi connectivity index (χ2n) is 6.59. The Morgan fingerprint density at radius 3 is 1.35 bits per heavy atom. The van der Waals surface area contributed by atoms with E-state index >= 15 is 0 Å². The van der Waals surface area contributed by atoms with Crippen molar-refractivity contribution in [3.63, 3.8) is 0 Å². The minimum atomic E-state index is 0. The van der Waals surface area contributed by atoms with Gasteiger partial charge in [0.2, 0.25) is 0 Å². The van der Waals surface area contributed by atoms with Crippen molar-refractivity contribution in [2.75, 3.05) is 0 Å². The van der Waals surface area contributed by atoms with Gasteiger partial charge in [-0.05, 0) is 23.5 Å². The van der Waals surface area contributed by atoms with Crippen LogP contribution in [0.5, 0.6) is 0 Å². The Hall–Kier alpha value is -2.63. The molecule has 0 N–H and O–H groups in total. The number of aromatic nitrogens is 4. The fourth-order valence-corrected chi connectivity index (χ4v) is 3.38. The van der Waals surface area contributed by atoms with Crippen molar-refractivity contribution in [3.05, 3.63) is 110 Å². The quantitative estimate of drug-likeness (QED) is 0.247. The van der Waals surface area contributed by atoms with Crippen molar-refractivity contribution in [2.45, 2.75) is 0 Å². The predicted octanol–water partition coefficient (Wildman–Crippen LogP) is -0.506. The molecule has 4 nitrogen and oxygen atoms in total. The van der Waals surface area contributed by atoms with E-state index < -0.39 is 0 Å². The molecule has 152 valence electrons. The Kier molecular flexibility index (Phi) is 8.84. The van der Waals surface area contributed by atoms with E-state index in [2.05, 4.69) is 83.0 Å². The third kappa shape index (κ3) is 5.35. The third-order valence-electron chi connectivity index (χ3n) is 4.74. The summed E-state index contributed by atoms with van der Waals surface area (Å²) >= 11 is 0. The number of benzene rings is 2. The first-order chi connectivity index (χ1) is 13.9. The Balaban J connectivity index is 0.000000201. The monoisotopic (exact) mass is 480 g/mol. The first-order valence-corrected chi connectivity index (χ1v) is 9.18. The first-order valence-electron chi connectivity index (χ1n) is 9.18. The van der Waals surface area contributed by atoms with E-state index in [1.54, 1.807) is 12.4 Å². The molecule has 31 heavy (non-hydrogen) atoms. The maximum absolute atomic E-state index is 4.20. The van der Waals surface area contributed by atoms with Gasteiger partial charge in [0.15, 0.2) is 0 Å². The van der Waals surface area contributed by atoms with Gasteiger partial charge in [-0.3, -0.25) is 9.36 Å². The molecule has 6 rings (SSSR count). The minimum absolute atomic E-state index is 0. The molecule has 0 aliphatic heterocycles. The predicted molar refractivity (Wildman–Crippen MR) is 113 cm³/mol. The van der Waals surface area contributed by atoms with E-state index in [1.807, 2.05) is 33.9 Å². The van der Waals surface area contributed by atoms with E-state index in [4.69, 9.17) is 0 Å². The molecule has 0 spiro atoms. The summed E-state index contributed by atoms with van der Waals surface area (Å²) in [4.78, 5) is 0. The zero-order valence-corrected chi connectivity index (χ0v) is 19.5. The summed E-state index contributed by atoms with van der Waals surface area (Å²) in [6, 6.07) is 29.1. The maximum Gasteiger partial charge on any atom is 4.00 e. The van der Waals surface area contributed by atoms with Gasteiger partial charge in [-0.2, -0.15) is 10.2 Å². The van der Waals surface area contributed by atoms with Gasteiger partial charge in [0.25, 0.3) is 0 Å². The van der Waals surface area contributed by atoms with Crippen LogP contribution in [-0.2, 0) is 21.7 Å². The van der Waals surface area contributed by atoms with Crippen LogP contribution in [0.2, 0.25) is 0 Å². The van der Waals surface area contributed by atoms with Crippen LogP contribution in [0, 0.1) is 0 Å². The summed E-state index contributed by atoms with van der Waals surface area (Å²) in [7, 11) is 0. The average molecular weight is 481 g/mol. The molecule has 7 heteroatoms. The molecule has 0 saturated heterocycles. The molecular weight excluding hydrogens is 463 g/mol. The maximum atomic E-state index is 4.20. The van der Waals surface area contributed by atoms with Crippen molar-refractivity contribution in [2.24, 2.45) is 0 Å². The number of hydrogen-bond acceptors (Lipinski definition) is 2. The number of fused-ring (bicyclic) bond motifs is 2. The smallest absolute Gasteiger partial charge is 1.00 e. The molecule has 2 heterocycles. The molecule has 0 amide bonds. The van der Waals surface area contributed by atoms with Crippen LogP contribution in [-0.4, -0.2) is 19.6 Å². The standard InChI is InChI=1S/2C12H9N2.2ClH.Ti/c2*1-2-5-11-9-12(8-10(11)4-1)14-7-3-6-13-14;;;/h2*1-9H;2*1H;/q2*-1;;;+4/p-2. The Morgan fingerprint density at radius 1 is 0.581 bits per heavy atom.